The van der Waals surface area contributed by atoms with E-state index in [2.05, 4.69) is 13.1 Å². The summed E-state index contributed by atoms with van der Waals surface area (Å²) in [6, 6.07) is 0. The van der Waals surface area contributed by atoms with E-state index < -0.39 is 17.2 Å². The van der Waals surface area contributed by atoms with Gasteiger partial charge in [0.25, 0.3) is 0 Å². The van der Waals surface area contributed by atoms with E-state index in [9.17, 15) is 0 Å². The van der Waals surface area contributed by atoms with Gasteiger partial charge < -0.3 is 4.12 Å². The molecule has 0 atom stereocenters. The summed E-state index contributed by atoms with van der Waals surface area (Å²) in [7, 11) is 3.45. The molecule has 0 heterocycles. The molecule has 0 aromatic heterocycles. The van der Waals surface area contributed by atoms with Crippen LogP contribution in [0.15, 0.2) is 0 Å². The van der Waals surface area contributed by atoms with Crippen molar-refractivity contribution < 1.29 is 4.12 Å². The van der Waals surface area contributed by atoms with Crippen molar-refractivity contribution in [2.75, 3.05) is 0 Å². The van der Waals surface area contributed by atoms with Gasteiger partial charge in [0.2, 0.25) is 0 Å². The Balaban J connectivity index is 3.39. The molecule has 0 fully saturated rings. The molecular weight excluding hydrogens is 131 g/mol. The number of rotatable bonds is 2. The van der Waals surface area contributed by atoms with Gasteiger partial charge in [-0.25, -0.2) is 0 Å². The first-order valence-electron chi connectivity index (χ1n) is 2.70. The minimum Gasteiger partial charge on any atom is -0.463 e. The van der Waals surface area contributed by atoms with Crippen molar-refractivity contribution in [2.45, 2.75) is 26.2 Å². The quantitative estimate of drug-likeness (QED) is 0.526. The standard InChI is InChI=1S/C4H12BOSi2/c1-7(2)6-8(3,4)5/h1-4H3. The Kier molecular flexibility index (Phi) is 3.01. The van der Waals surface area contributed by atoms with E-state index in [0.29, 0.717) is 0 Å². The van der Waals surface area contributed by atoms with Crippen molar-refractivity contribution in [3.8, 4) is 0 Å². The third kappa shape index (κ3) is 6.46. The Morgan fingerprint density at radius 3 is 1.75 bits per heavy atom. The van der Waals surface area contributed by atoms with Gasteiger partial charge in [-0.1, -0.05) is 13.1 Å². The van der Waals surface area contributed by atoms with Crippen LogP contribution < -0.4 is 0 Å². The van der Waals surface area contributed by atoms with Gasteiger partial charge in [0.1, 0.15) is 8.19 Å². The fraction of sp³-hybridized carbons (Fsp3) is 1.00. The SMILES string of the molecule is [B][Si](C)(C)O[Si](C)C. The van der Waals surface area contributed by atoms with Gasteiger partial charge in [0.15, 0.2) is 9.04 Å². The molecule has 0 unspecified atom stereocenters. The lowest BCUT2D eigenvalue weighted by Gasteiger charge is -2.20. The fourth-order valence-electron chi connectivity index (χ4n) is 0.526. The van der Waals surface area contributed by atoms with Crippen molar-refractivity contribution in [1.82, 2.24) is 0 Å². The molecule has 0 aromatic carbocycles. The van der Waals surface area contributed by atoms with E-state index in [0.717, 1.165) is 0 Å². The molecule has 0 aromatic rings. The van der Waals surface area contributed by atoms with Crippen molar-refractivity contribution in [1.29, 1.82) is 0 Å². The van der Waals surface area contributed by atoms with Gasteiger partial charge in [0.05, 0.1) is 7.44 Å². The normalized spacial score (nSPS) is 12.6. The topological polar surface area (TPSA) is 9.23 Å². The number of hydrogen-bond acceptors (Lipinski definition) is 1. The second-order valence-electron chi connectivity index (χ2n) is 2.61. The summed E-state index contributed by atoms with van der Waals surface area (Å²) in [5.74, 6) is 0. The predicted octanol–water partition coefficient (Wildman–Crippen LogP) is 1.12. The van der Waals surface area contributed by atoms with E-state index in [1.54, 1.807) is 0 Å². The lowest BCUT2D eigenvalue weighted by molar-refractivity contribution is 0.598. The first-order valence-corrected chi connectivity index (χ1v) is 8.09. The van der Waals surface area contributed by atoms with E-state index >= 15 is 0 Å². The van der Waals surface area contributed by atoms with E-state index in [1.165, 1.54) is 0 Å². The van der Waals surface area contributed by atoms with Gasteiger partial charge in [-0.05, 0) is 13.1 Å². The summed E-state index contributed by atoms with van der Waals surface area (Å²) in [5, 5.41) is 0. The van der Waals surface area contributed by atoms with Crippen LogP contribution in [0.4, 0.5) is 0 Å². The summed E-state index contributed by atoms with van der Waals surface area (Å²) >= 11 is 0. The van der Waals surface area contributed by atoms with Gasteiger partial charge in [-0.3, -0.25) is 0 Å². The van der Waals surface area contributed by atoms with Crippen LogP contribution >= 0.6 is 0 Å². The van der Waals surface area contributed by atoms with Crippen LogP contribution in [-0.4, -0.2) is 24.7 Å². The van der Waals surface area contributed by atoms with Crippen molar-refractivity contribution in [2.24, 2.45) is 0 Å². The molecule has 0 saturated heterocycles. The molecule has 0 N–H and O–H groups in total. The molecule has 4 heteroatoms. The Hall–Kier alpha value is 0.459. The van der Waals surface area contributed by atoms with Crippen LogP contribution in [0.2, 0.25) is 26.2 Å². The lowest BCUT2D eigenvalue weighted by atomic mass is 10.7. The molecule has 0 saturated carbocycles. The summed E-state index contributed by atoms with van der Waals surface area (Å²) in [5.41, 5.74) is 0. The predicted molar refractivity (Wildman–Crippen MR) is 41.8 cm³/mol. The summed E-state index contributed by atoms with van der Waals surface area (Å²) in [6.07, 6.45) is 0. The van der Waals surface area contributed by atoms with E-state index in [-0.39, 0.29) is 0 Å². The fourth-order valence-corrected chi connectivity index (χ4v) is 4.73. The number of hydrogen-bond donors (Lipinski definition) is 0. The second-order valence-corrected chi connectivity index (χ2v) is 8.45. The Morgan fingerprint density at radius 2 is 1.75 bits per heavy atom. The maximum Gasteiger partial charge on any atom is 0.190 e. The summed E-state index contributed by atoms with van der Waals surface area (Å²) < 4.78 is 5.46. The van der Waals surface area contributed by atoms with E-state index in [4.69, 9.17) is 11.6 Å². The summed E-state index contributed by atoms with van der Waals surface area (Å²) in [6.45, 7) is 8.22. The largest absolute Gasteiger partial charge is 0.463 e. The van der Waals surface area contributed by atoms with Crippen LogP contribution in [0.3, 0.4) is 0 Å². The smallest absolute Gasteiger partial charge is 0.190 e. The molecule has 8 heavy (non-hydrogen) atoms. The maximum atomic E-state index is 5.68. The molecule has 3 radical (unpaired) electrons. The molecule has 0 aliphatic rings. The third-order valence-electron chi connectivity index (χ3n) is 0.467. The lowest BCUT2D eigenvalue weighted by Crippen LogP contribution is -2.35. The molecule has 0 amide bonds. The van der Waals surface area contributed by atoms with Gasteiger partial charge in [-0.2, -0.15) is 0 Å². The Morgan fingerprint density at radius 1 is 1.38 bits per heavy atom. The minimum absolute atomic E-state index is 0.555. The van der Waals surface area contributed by atoms with Crippen LogP contribution in [0, 0.1) is 0 Å². The van der Waals surface area contributed by atoms with Crippen molar-refractivity contribution >= 4 is 24.7 Å². The molecular formula is C4H12BOSi2. The van der Waals surface area contributed by atoms with Gasteiger partial charge in [0, 0.05) is 0 Å². The Bertz CT molecular complexity index is 68.9. The van der Waals surface area contributed by atoms with Crippen molar-refractivity contribution in [3.05, 3.63) is 0 Å². The van der Waals surface area contributed by atoms with Gasteiger partial charge in [-0.15, -0.1) is 0 Å². The highest BCUT2D eigenvalue weighted by Gasteiger charge is 2.14. The molecule has 0 rings (SSSR count). The third-order valence-corrected chi connectivity index (χ3v) is 4.20. The highest BCUT2D eigenvalue weighted by atomic mass is 28.4. The van der Waals surface area contributed by atoms with E-state index in [1.807, 2.05) is 13.1 Å². The molecule has 1 nitrogen and oxygen atoms in total. The summed E-state index contributed by atoms with van der Waals surface area (Å²) in [4.78, 5) is 0. The average Bonchev–Trinajstić information content (AvgIpc) is 1.21. The maximum absolute atomic E-state index is 5.68. The first-order chi connectivity index (χ1) is 3.42. The van der Waals surface area contributed by atoms with Crippen LogP contribution in [0.5, 0.6) is 0 Å². The first kappa shape index (κ1) is 8.46. The van der Waals surface area contributed by atoms with Crippen molar-refractivity contribution in [3.63, 3.8) is 0 Å². The molecule has 0 bridgehead atoms. The average molecular weight is 143 g/mol. The van der Waals surface area contributed by atoms with Crippen LogP contribution in [-0.2, 0) is 4.12 Å². The zero-order valence-electron chi connectivity index (χ0n) is 5.99. The minimum atomic E-state index is -1.68. The highest BCUT2D eigenvalue weighted by molar-refractivity contribution is 7.13. The zero-order chi connectivity index (χ0) is 6.78. The van der Waals surface area contributed by atoms with Crippen LogP contribution in [0.1, 0.15) is 0 Å². The van der Waals surface area contributed by atoms with Crippen LogP contribution in [0.25, 0.3) is 0 Å². The van der Waals surface area contributed by atoms with Gasteiger partial charge >= 0.3 is 0 Å². The monoisotopic (exact) mass is 143 g/mol. The Labute approximate surface area is 55.6 Å². The molecule has 0 spiro atoms. The molecule has 0 aliphatic heterocycles. The molecule has 0 aliphatic carbocycles. The highest BCUT2D eigenvalue weighted by Crippen LogP contribution is 1.99. The zero-order valence-corrected chi connectivity index (χ0v) is 7.99. The molecule has 45 valence electrons. The second kappa shape index (κ2) is 2.84.